The van der Waals surface area contributed by atoms with Gasteiger partial charge in [0.1, 0.15) is 11.4 Å². The minimum Gasteiger partial charge on any atom is -0.444 e. The van der Waals surface area contributed by atoms with Crippen molar-refractivity contribution < 1.29 is 17.9 Å². The maximum atomic E-state index is 13.8. The number of carbonyl (C=O) groups excluding carboxylic acids is 1. The summed E-state index contributed by atoms with van der Waals surface area (Å²) in [7, 11) is -3.78. The first-order valence-electron chi connectivity index (χ1n) is 13.0. The molecule has 1 aliphatic carbocycles. The van der Waals surface area contributed by atoms with Crippen LogP contribution in [0.2, 0.25) is 0 Å². The van der Waals surface area contributed by atoms with E-state index in [1.165, 1.54) is 3.97 Å². The molecule has 198 valence electrons. The molecule has 3 aromatic rings. The van der Waals surface area contributed by atoms with E-state index in [-0.39, 0.29) is 17.0 Å². The Morgan fingerprint density at radius 3 is 2.38 bits per heavy atom. The third-order valence-electron chi connectivity index (χ3n) is 7.37. The van der Waals surface area contributed by atoms with Crippen LogP contribution in [0, 0.1) is 6.92 Å². The highest BCUT2D eigenvalue weighted by atomic mass is 32.2. The minimum absolute atomic E-state index is 0.00864. The molecule has 0 N–H and O–H groups in total. The normalized spacial score (nSPS) is 19.2. The van der Waals surface area contributed by atoms with Gasteiger partial charge in [0, 0.05) is 43.5 Å². The highest BCUT2D eigenvalue weighted by Gasteiger charge is 2.34. The van der Waals surface area contributed by atoms with Gasteiger partial charge in [0.15, 0.2) is 0 Å². The molecule has 0 unspecified atom stereocenters. The van der Waals surface area contributed by atoms with Gasteiger partial charge >= 0.3 is 6.09 Å². The molecule has 1 atom stereocenters. The van der Waals surface area contributed by atoms with Gasteiger partial charge in [-0.05, 0) is 77.1 Å². The Bertz CT molecular complexity index is 1420. The van der Waals surface area contributed by atoms with Crippen molar-refractivity contribution in [2.75, 3.05) is 24.5 Å². The Labute approximate surface area is 219 Å². The fraction of sp³-hybridized carbons (Fsp3) is 0.500. The molecular weight excluding hydrogens is 488 g/mol. The molecule has 5 rings (SSSR count). The predicted octanol–water partition coefficient (Wildman–Crippen LogP) is 5.29. The number of piperazine rings is 1. The van der Waals surface area contributed by atoms with Crippen LogP contribution in [0.1, 0.15) is 64.0 Å². The molecule has 2 aromatic heterocycles. The number of benzene rings is 1. The van der Waals surface area contributed by atoms with E-state index in [4.69, 9.17) is 9.72 Å². The van der Waals surface area contributed by atoms with Crippen molar-refractivity contribution >= 4 is 32.8 Å². The Kier molecular flexibility index (Phi) is 6.46. The summed E-state index contributed by atoms with van der Waals surface area (Å²) < 4.78 is 34.5. The summed E-state index contributed by atoms with van der Waals surface area (Å²) in [5.41, 5.74) is 2.15. The van der Waals surface area contributed by atoms with Crippen LogP contribution < -0.4 is 4.90 Å². The van der Waals surface area contributed by atoms with Gasteiger partial charge < -0.3 is 14.5 Å². The highest BCUT2D eigenvalue weighted by molar-refractivity contribution is 7.90. The van der Waals surface area contributed by atoms with Crippen molar-refractivity contribution in [2.24, 2.45) is 0 Å². The molecule has 0 radical (unpaired) electrons. The lowest BCUT2D eigenvalue weighted by atomic mass is 9.80. The van der Waals surface area contributed by atoms with Crippen LogP contribution in [0.5, 0.6) is 0 Å². The van der Waals surface area contributed by atoms with Crippen LogP contribution >= 0.6 is 0 Å². The number of nitrogens with zero attached hydrogens (tertiary/aromatic N) is 4. The molecule has 2 aliphatic rings. The van der Waals surface area contributed by atoms with Crippen molar-refractivity contribution in [2.45, 2.75) is 76.3 Å². The molecule has 0 spiro atoms. The monoisotopic (exact) mass is 524 g/mol. The number of carbonyl (C=O) groups is 1. The largest absolute Gasteiger partial charge is 0.444 e. The quantitative estimate of drug-likeness (QED) is 0.461. The summed E-state index contributed by atoms with van der Waals surface area (Å²) in [6, 6.07) is 8.77. The molecule has 9 heteroatoms. The molecule has 1 amide bonds. The van der Waals surface area contributed by atoms with E-state index in [0.717, 1.165) is 41.6 Å². The van der Waals surface area contributed by atoms with E-state index in [1.807, 2.05) is 46.0 Å². The molecule has 8 nitrogen and oxygen atoms in total. The summed E-state index contributed by atoms with van der Waals surface area (Å²) >= 11 is 0. The van der Waals surface area contributed by atoms with Crippen LogP contribution in [0.15, 0.2) is 47.6 Å². The lowest BCUT2D eigenvalue weighted by molar-refractivity contribution is 0.0218. The van der Waals surface area contributed by atoms with Crippen LogP contribution in [0.4, 0.5) is 10.6 Å². The number of hydrogen-bond acceptors (Lipinski definition) is 6. The van der Waals surface area contributed by atoms with Crippen molar-refractivity contribution in [3.05, 3.63) is 53.9 Å². The van der Waals surface area contributed by atoms with E-state index in [1.54, 1.807) is 29.3 Å². The molecule has 37 heavy (non-hydrogen) atoms. The highest BCUT2D eigenvalue weighted by Crippen LogP contribution is 2.44. The van der Waals surface area contributed by atoms with Gasteiger partial charge in [0.25, 0.3) is 10.0 Å². The second-order valence-electron chi connectivity index (χ2n) is 11.3. The standard InChI is InChI=1S/C28H36N4O4S/c1-19-9-11-22(12-10-19)37(34,35)32-18-23(21-7-6-8-21)25-24(32)13-14-29-26(25)31-16-15-30(17-20(31)2)27(33)36-28(3,4)5/h9-14,18,20-21H,6-8,15-17H2,1-5H3/t20-/m0/s1. The van der Waals surface area contributed by atoms with Crippen LogP contribution in [0.25, 0.3) is 10.9 Å². The molecule has 1 aromatic carbocycles. The Morgan fingerprint density at radius 2 is 1.78 bits per heavy atom. The lowest BCUT2D eigenvalue weighted by Gasteiger charge is -2.41. The number of aryl methyl sites for hydroxylation is 1. The number of ether oxygens (including phenoxy) is 1. The fourth-order valence-electron chi connectivity index (χ4n) is 5.20. The topological polar surface area (TPSA) is 84.7 Å². The van der Waals surface area contributed by atoms with Gasteiger partial charge in [-0.3, -0.25) is 0 Å². The van der Waals surface area contributed by atoms with E-state index < -0.39 is 15.6 Å². The zero-order valence-corrected chi connectivity index (χ0v) is 23.1. The van der Waals surface area contributed by atoms with Gasteiger partial charge in [0.05, 0.1) is 10.4 Å². The summed E-state index contributed by atoms with van der Waals surface area (Å²) in [5.74, 6) is 1.10. The zero-order valence-electron chi connectivity index (χ0n) is 22.3. The Balaban J connectivity index is 1.54. The summed E-state index contributed by atoms with van der Waals surface area (Å²) in [4.78, 5) is 21.7. The Morgan fingerprint density at radius 1 is 1.08 bits per heavy atom. The summed E-state index contributed by atoms with van der Waals surface area (Å²) in [5, 5.41) is 0.903. The number of hydrogen-bond donors (Lipinski definition) is 0. The number of anilines is 1. The SMILES string of the molecule is Cc1ccc(S(=O)(=O)n2cc(C3CCC3)c3c(N4CCN(C(=O)OC(C)(C)C)C[C@@H]4C)nccc32)cc1. The summed E-state index contributed by atoms with van der Waals surface area (Å²) in [6.07, 6.45) is 6.42. The van der Waals surface area contributed by atoms with Gasteiger partial charge in [-0.25, -0.2) is 22.2 Å². The molecular formula is C28H36N4O4S. The third kappa shape index (κ3) is 4.81. The first-order valence-corrected chi connectivity index (χ1v) is 14.5. The van der Waals surface area contributed by atoms with E-state index in [2.05, 4.69) is 11.8 Å². The third-order valence-corrected chi connectivity index (χ3v) is 9.05. The average molecular weight is 525 g/mol. The lowest BCUT2D eigenvalue weighted by Crippen LogP contribution is -2.54. The maximum absolute atomic E-state index is 13.8. The average Bonchev–Trinajstić information content (AvgIpc) is 3.17. The molecule has 2 fully saturated rings. The van der Waals surface area contributed by atoms with Gasteiger partial charge in [-0.15, -0.1) is 0 Å². The van der Waals surface area contributed by atoms with Crippen LogP contribution in [-0.4, -0.2) is 59.6 Å². The van der Waals surface area contributed by atoms with Gasteiger partial charge in [-0.1, -0.05) is 24.1 Å². The maximum Gasteiger partial charge on any atom is 0.410 e. The van der Waals surface area contributed by atoms with Crippen LogP contribution in [-0.2, 0) is 14.8 Å². The molecule has 3 heterocycles. The molecule has 1 saturated heterocycles. The van der Waals surface area contributed by atoms with Crippen molar-refractivity contribution in [1.29, 1.82) is 0 Å². The molecule has 1 aliphatic heterocycles. The number of aromatic nitrogens is 2. The van der Waals surface area contributed by atoms with E-state index in [0.29, 0.717) is 31.1 Å². The number of pyridine rings is 1. The number of rotatable bonds is 4. The van der Waals surface area contributed by atoms with Crippen molar-refractivity contribution in [3.63, 3.8) is 0 Å². The van der Waals surface area contributed by atoms with E-state index >= 15 is 0 Å². The van der Waals surface area contributed by atoms with Crippen molar-refractivity contribution in [1.82, 2.24) is 13.9 Å². The fourth-order valence-corrected chi connectivity index (χ4v) is 6.57. The Hall–Kier alpha value is -3.07. The predicted molar refractivity (Wildman–Crippen MR) is 145 cm³/mol. The molecule has 0 bridgehead atoms. The molecule has 1 saturated carbocycles. The van der Waals surface area contributed by atoms with Gasteiger partial charge in [0.2, 0.25) is 0 Å². The zero-order chi connectivity index (χ0) is 26.5. The second kappa shape index (κ2) is 9.35. The minimum atomic E-state index is -3.78. The summed E-state index contributed by atoms with van der Waals surface area (Å²) in [6.45, 7) is 11.2. The first-order chi connectivity index (χ1) is 17.5. The van der Waals surface area contributed by atoms with Gasteiger partial charge in [-0.2, -0.15) is 0 Å². The second-order valence-corrected chi connectivity index (χ2v) is 13.1. The smallest absolute Gasteiger partial charge is 0.410 e. The van der Waals surface area contributed by atoms with Crippen LogP contribution in [0.3, 0.4) is 0 Å². The number of fused-ring (bicyclic) bond motifs is 1. The van der Waals surface area contributed by atoms with E-state index in [9.17, 15) is 13.2 Å². The first kappa shape index (κ1) is 25.6. The van der Waals surface area contributed by atoms with Crippen molar-refractivity contribution in [3.8, 4) is 0 Å². The number of amides is 1.